The van der Waals surface area contributed by atoms with Gasteiger partial charge in [0, 0.05) is 6.07 Å². The molecule has 0 aliphatic heterocycles. The molecule has 0 N–H and O–H groups in total. The van der Waals surface area contributed by atoms with E-state index >= 15 is 0 Å². The Kier molecular flexibility index (Phi) is 10.0. The van der Waals surface area contributed by atoms with E-state index in [2.05, 4.69) is 69.3 Å². The average Bonchev–Trinajstić information content (AvgIpc) is 2.13. The van der Waals surface area contributed by atoms with Crippen LogP contribution in [-0.4, -0.2) is 10.3 Å². The van der Waals surface area contributed by atoms with Crippen LogP contribution in [0.4, 0.5) is 8.78 Å². The Bertz CT molecular complexity index is 377. The number of hydrogen-bond donors (Lipinski definition) is 0. The van der Waals surface area contributed by atoms with Crippen molar-refractivity contribution in [1.29, 1.82) is 0 Å². The van der Waals surface area contributed by atoms with Gasteiger partial charge in [0.15, 0.2) is 0 Å². The molecular formula is C15H24ClF2PPd. The summed E-state index contributed by atoms with van der Waals surface area (Å²) in [5, 5.41) is 0.847. The van der Waals surface area contributed by atoms with Crippen molar-refractivity contribution in [3.05, 3.63) is 37.3 Å². The minimum atomic E-state index is -0.650. The number of hydrogen-bond acceptors (Lipinski definition) is 0. The topological polar surface area (TPSA) is 0 Å². The van der Waals surface area contributed by atoms with Gasteiger partial charge in [-0.1, -0.05) is 49.5 Å². The van der Waals surface area contributed by atoms with Crippen LogP contribution in [0.15, 0.2) is 18.2 Å². The van der Waals surface area contributed by atoms with Gasteiger partial charge in [-0.15, -0.1) is 0 Å². The van der Waals surface area contributed by atoms with Crippen LogP contribution in [-0.2, 0) is 18.2 Å². The number of halogens is 3. The van der Waals surface area contributed by atoms with Crippen LogP contribution in [0.1, 0.15) is 41.5 Å². The summed E-state index contributed by atoms with van der Waals surface area (Å²) < 4.78 is 26.7. The van der Waals surface area contributed by atoms with Gasteiger partial charge in [-0.3, -0.25) is 0 Å². The van der Waals surface area contributed by atoms with Gasteiger partial charge in [0.1, 0.15) is 11.6 Å². The van der Waals surface area contributed by atoms with Crippen molar-refractivity contribution in [2.75, 3.05) is 0 Å². The van der Waals surface area contributed by atoms with Crippen LogP contribution >= 0.6 is 17.5 Å². The Hall–Kier alpha value is 0.462. The summed E-state index contributed by atoms with van der Waals surface area (Å²) in [6.07, 6.45) is 0. The van der Waals surface area contributed by atoms with Crippen molar-refractivity contribution in [2.24, 2.45) is 0 Å². The number of rotatable bonds is 1. The summed E-state index contributed by atoms with van der Waals surface area (Å²) in [7, 11) is 3.84. The first-order chi connectivity index (χ1) is 8.51. The Morgan fingerprint density at radius 1 is 0.850 bits per heavy atom. The molecule has 1 rings (SSSR count). The van der Waals surface area contributed by atoms with Crippen molar-refractivity contribution < 1.29 is 27.0 Å². The van der Waals surface area contributed by atoms with Gasteiger partial charge in [0.25, 0.3) is 0 Å². The molecule has 1 aromatic rings. The van der Waals surface area contributed by atoms with E-state index in [4.69, 9.17) is 0 Å². The summed E-state index contributed by atoms with van der Waals surface area (Å²) in [6, 6.07) is 3.89. The number of benzene rings is 1. The van der Waals surface area contributed by atoms with Crippen LogP contribution in [0.5, 0.6) is 0 Å². The molecule has 0 radical (unpaired) electrons. The minimum absolute atomic E-state index is 0. The summed E-state index contributed by atoms with van der Waals surface area (Å²) in [6.45, 7) is 12.8. The first-order valence-electron chi connectivity index (χ1n) is 5.90. The third kappa shape index (κ3) is 6.95. The predicted octanol–water partition coefficient (Wildman–Crippen LogP) is 5.81. The van der Waals surface area contributed by atoms with Crippen molar-refractivity contribution in [2.45, 2.75) is 51.9 Å². The van der Waals surface area contributed by atoms with E-state index in [1.54, 1.807) is 0 Å². The average molecular weight is 415 g/mol. The second kappa shape index (κ2) is 8.80. The van der Waals surface area contributed by atoms with E-state index < -0.39 is 19.6 Å². The molecule has 0 aromatic heterocycles. The molecule has 0 saturated heterocycles. The van der Waals surface area contributed by atoms with Gasteiger partial charge in [-0.25, -0.2) is 8.78 Å². The van der Waals surface area contributed by atoms with E-state index in [0.717, 1.165) is 11.4 Å². The second-order valence-electron chi connectivity index (χ2n) is 6.30. The summed E-state index contributed by atoms with van der Waals surface area (Å²) in [5.74, 6) is -0.970. The molecule has 0 aliphatic carbocycles. The maximum atomic E-state index is 13.3. The fourth-order valence-electron chi connectivity index (χ4n) is 2.45. The molecule has 0 fully saturated rings. The Labute approximate surface area is 138 Å². The molecule has 0 saturated carbocycles. The fraction of sp³-hybridized carbons (Fsp3) is 0.533. The molecule has 1 aromatic carbocycles. The molecule has 0 bridgehead atoms. The molecule has 0 nitrogen and oxygen atoms in total. The Morgan fingerprint density at radius 3 is 1.40 bits per heavy atom. The quantitative estimate of drug-likeness (QED) is 0.309. The summed E-state index contributed by atoms with van der Waals surface area (Å²) in [4.78, 5) is 0. The van der Waals surface area contributed by atoms with Crippen LogP contribution in [0.25, 0.3) is 0 Å². The molecular weight excluding hydrogens is 391 g/mol. The van der Waals surface area contributed by atoms with Crippen molar-refractivity contribution >= 4 is 22.8 Å². The van der Waals surface area contributed by atoms with Crippen LogP contribution in [0.3, 0.4) is 0 Å². The fourth-order valence-corrected chi connectivity index (χ4v) is 6.52. The molecule has 0 amide bonds. The monoisotopic (exact) mass is 414 g/mol. The first kappa shape index (κ1) is 22.7. The second-order valence-corrected chi connectivity index (χ2v) is 10.2. The van der Waals surface area contributed by atoms with E-state index in [1.165, 1.54) is 12.1 Å². The third-order valence-electron chi connectivity index (χ3n) is 2.45. The van der Waals surface area contributed by atoms with Crippen molar-refractivity contribution in [1.82, 2.24) is 0 Å². The normalized spacial score (nSPS) is 11.6. The molecule has 120 valence electrons. The zero-order valence-electron chi connectivity index (χ0n) is 13.1. The van der Waals surface area contributed by atoms with Crippen LogP contribution < -0.4 is 5.30 Å². The maximum absolute atomic E-state index is 13.3. The zero-order chi connectivity index (χ0) is 15.4. The van der Waals surface area contributed by atoms with Crippen molar-refractivity contribution in [3.8, 4) is 0 Å². The van der Waals surface area contributed by atoms with E-state index in [0.29, 0.717) is 0 Å². The zero-order valence-corrected chi connectivity index (χ0v) is 16.3. The molecule has 0 unspecified atom stereocenters. The van der Waals surface area contributed by atoms with E-state index in [9.17, 15) is 8.78 Å². The molecule has 0 spiro atoms. The molecule has 0 heterocycles. The standard InChI is InChI=1S/C14H21F2P.CH3.ClH.Pd/c1-13(2,3)17(14(4,5)6)12-8-10(15)7-11(16)9-12;;;/h7-9H,1-6H3;1H3;1H;/q;-1;;+2/p-1. The van der Waals surface area contributed by atoms with Crippen molar-refractivity contribution in [3.63, 3.8) is 0 Å². The molecule has 0 aliphatic rings. The predicted molar refractivity (Wildman–Crippen MR) is 84.7 cm³/mol. The Balaban J connectivity index is 0. The van der Waals surface area contributed by atoms with Gasteiger partial charge in [0.2, 0.25) is 0 Å². The SMILES string of the molecule is CC(C)(C)P(c1cc(F)cc(F)c1)C(C)(C)C.[CH3-].[Cl][Pd+]. The Morgan fingerprint density at radius 2 is 1.15 bits per heavy atom. The summed E-state index contributed by atoms with van der Waals surface area (Å²) in [5.41, 5.74) is 0. The van der Waals surface area contributed by atoms with Gasteiger partial charge in [-0.05, 0) is 27.7 Å². The van der Waals surface area contributed by atoms with Gasteiger partial charge >= 0.3 is 27.7 Å². The van der Waals surface area contributed by atoms with E-state index in [-0.39, 0.29) is 17.7 Å². The van der Waals surface area contributed by atoms with Gasteiger partial charge in [0.05, 0.1) is 0 Å². The molecule has 20 heavy (non-hydrogen) atoms. The summed E-state index contributed by atoms with van der Waals surface area (Å²) >= 11 is 2.22. The van der Waals surface area contributed by atoms with E-state index in [1.807, 2.05) is 0 Å². The molecule has 5 heteroatoms. The first-order valence-corrected chi connectivity index (χ1v) is 9.24. The third-order valence-corrected chi connectivity index (χ3v) is 5.91. The van der Waals surface area contributed by atoms with Gasteiger partial charge < -0.3 is 7.43 Å². The van der Waals surface area contributed by atoms with Crippen LogP contribution in [0, 0.1) is 19.1 Å². The van der Waals surface area contributed by atoms with Crippen LogP contribution in [0.2, 0.25) is 0 Å². The molecule has 0 atom stereocenters. The van der Waals surface area contributed by atoms with Gasteiger partial charge in [-0.2, -0.15) is 0 Å².